The van der Waals surface area contributed by atoms with Crippen LogP contribution < -0.4 is 11.1 Å². The zero-order valence-corrected chi connectivity index (χ0v) is 12.0. The van der Waals surface area contributed by atoms with Gasteiger partial charge >= 0.3 is 5.97 Å². The molecule has 0 radical (unpaired) electrons. The number of benzene rings is 2. The fourth-order valence-electron chi connectivity index (χ4n) is 2.08. The number of nitrogens with two attached hydrogens (primary N) is 1. The molecule has 0 aliphatic carbocycles. The van der Waals surface area contributed by atoms with Gasteiger partial charge in [0.25, 0.3) is 5.91 Å². The highest BCUT2D eigenvalue weighted by Gasteiger charge is 2.21. The van der Waals surface area contributed by atoms with Crippen LogP contribution in [-0.2, 0) is 17.8 Å². The van der Waals surface area contributed by atoms with E-state index in [0.717, 1.165) is 11.1 Å². The average Bonchev–Trinajstić information content (AvgIpc) is 2.55. The molecular formula is C17H18N2O3. The van der Waals surface area contributed by atoms with E-state index in [9.17, 15) is 14.7 Å². The molecule has 4 N–H and O–H groups in total. The Morgan fingerprint density at radius 3 is 2.18 bits per heavy atom. The van der Waals surface area contributed by atoms with Crippen molar-refractivity contribution in [3.63, 3.8) is 0 Å². The second-order valence-electron chi connectivity index (χ2n) is 4.96. The maximum Gasteiger partial charge on any atom is 0.326 e. The molecule has 0 heterocycles. The number of carbonyl (C=O) groups excluding carboxylic acids is 1. The average molecular weight is 298 g/mol. The first-order chi connectivity index (χ1) is 10.6. The van der Waals surface area contributed by atoms with E-state index in [4.69, 9.17) is 5.73 Å². The molecular weight excluding hydrogens is 280 g/mol. The summed E-state index contributed by atoms with van der Waals surface area (Å²) in [5, 5.41) is 11.8. The van der Waals surface area contributed by atoms with Gasteiger partial charge in [-0.25, -0.2) is 4.79 Å². The molecule has 0 spiro atoms. The molecule has 1 atom stereocenters. The van der Waals surface area contributed by atoms with Crippen molar-refractivity contribution in [3.8, 4) is 0 Å². The Morgan fingerprint density at radius 1 is 1.00 bits per heavy atom. The Bertz CT molecular complexity index is 639. The molecule has 1 unspecified atom stereocenters. The number of carbonyl (C=O) groups is 2. The summed E-state index contributed by atoms with van der Waals surface area (Å²) in [7, 11) is 0. The fraction of sp³-hybridized carbons (Fsp3) is 0.176. The van der Waals surface area contributed by atoms with Gasteiger partial charge < -0.3 is 16.2 Å². The summed E-state index contributed by atoms with van der Waals surface area (Å²) in [6.45, 7) is 0.396. The standard InChI is InChI=1S/C17H18N2O3/c18-11-13-6-8-14(9-7-13)16(20)19-15(17(21)22)10-12-4-2-1-3-5-12/h1-9,15H,10-11,18H2,(H,19,20)(H,21,22). The van der Waals surface area contributed by atoms with E-state index in [1.54, 1.807) is 24.3 Å². The van der Waals surface area contributed by atoms with Crippen LogP contribution >= 0.6 is 0 Å². The summed E-state index contributed by atoms with van der Waals surface area (Å²) in [6.07, 6.45) is 0.239. The molecule has 0 aliphatic rings. The molecule has 0 saturated heterocycles. The molecule has 0 saturated carbocycles. The lowest BCUT2D eigenvalue weighted by Crippen LogP contribution is -2.42. The van der Waals surface area contributed by atoms with E-state index in [-0.39, 0.29) is 6.42 Å². The Morgan fingerprint density at radius 2 is 1.64 bits per heavy atom. The number of rotatable bonds is 6. The lowest BCUT2D eigenvalue weighted by atomic mass is 10.1. The van der Waals surface area contributed by atoms with Crippen LogP contribution in [0.25, 0.3) is 0 Å². The van der Waals surface area contributed by atoms with Gasteiger partial charge in [0.05, 0.1) is 0 Å². The van der Waals surface area contributed by atoms with Gasteiger partial charge in [0, 0.05) is 18.5 Å². The minimum absolute atomic E-state index is 0.239. The highest BCUT2D eigenvalue weighted by Crippen LogP contribution is 2.07. The van der Waals surface area contributed by atoms with Gasteiger partial charge in [0.2, 0.25) is 0 Å². The second kappa shape index (κ2) is 7.38. The monoisotopic (exact) mass is 298 g/mol. The molecule has 5 heteroatoms. The smallest absolute Gasteiger partial charge is 0.326 e. The van der Waals surface area contributed by atoms with Crippen molar-refractivity contribution >= 4 is 11.9 Å². The van der Waals surface area contributed by atoms with Gasteiger partial charge in [-0.15, -0.1) is 0 Å². The van der Waals surface area contributed by atoms with Crippen LogP contribution in [0, 0.1) is 0 Å². The number of hydrogen-bond donors (Lipinski definition) is 3. The van der Waals surface area contributed by atoms with Gasteiger partial charge in [-0.1, -0.05) is 42.5 Å². The van der Waals surface area contributed by atoms with Crippen LogP contribution in [0.4, 0.5) is 0 Å². The van der Waals surface area contributed by atoms with Crippen LogP contribution in [-0.4, -0.2) is 23.0 Å². The van der Waals surface area contributed by atoms with E-state index >= 15 is 0 Å². The van der Waals surface area contributed by atoms with Crippen LogP contribution in [0.15, 0.2) is 54.6 Å². The van der Waals surface area contributed by atoms with Gasteiger partial charge in [-0.05, 0) is 23.3 Å². The predicted molar refractivity (Wildman–Crippen MR) is 83.4 cm³/mol. The third-order valence-corrected chi connectivity index (χ3v) is 3.34. The minimum Gasteiger partial charge on any atom is -0.480 e. The molecule has 1 amide bonds. The Hall–Kier alpha value is -2.66. The molecule has 2 aromatic rings. The Kier molecular flexibility index (Phi) is 5.27. The third kappa shape index (κ3) is 4.17. The highest BCUT2D eigenvalue weighted by molar-refractivity contribution is 5.96. The van der Waals surface area contributed by atoms with Crippen LogP contribution in [0.3, 0.4) is 0 Å². The predicted octanol–water partition coefficient (Wildman–Crippen LogP) is 1.57. The minimum atomic E-state index is -1.06. The van der Waals surface area contributed by atoms with Crippen molar-refractivity contribution in [2.75, 3.05) is 0 Å². The van der Waals surface area contributed by atoms with Crippen LogP contribution in [0.5, 0.6) is 0 Å². The molecule has 0 aromatic heterocycles. The highest BCUT2D eigenvalue weighted by atomic mass is 16.4. The number of hydrogen-bond acceptors (Lipinski definition) is 3. The zero-order chi connectivity index (χ0) is 15.9. The largest absolute Gasteiger partial charge is 0.480 e. The van der Waals surface area contributed by atoms with Crippen molar-refractivity contribution in [3.05, 3.63) is 71.3 Å². The van der Waals surface area contributed by atoms with Crippen LogP contribution in [0.2, 0.25) is 0 Å². The van der Waals surface area contributed by atoms with E-state index in [2.05, 4.69) is 5.32 Å². The summed E-state index contributed by atoms with van der Waals surface area (Å²) in [5.74, 6) is -1.47. The topological polar surface area (TPSA) is 92.4 Å². The second-order valence-corrected chi connectivity index (χ2v) is 4.96. The molecule has 0 bridgehead atoms. The van der Waals surface area contributed by atoms with Gasteiger partial charge in [0.1, 0.15) is 6.04 Å². The molecule has 0 aliphatic heterocycles. The third-order valence-electron chi connectivity index (χ3n) is 3.34. The first kappa shape index (κ1) is 15.7. The summed E-state index contributed by atoms with van der Waals surface area (Å²) >= 11 is 0. The molecule has 22 heavy (non-hydrogen) atoms. The Balaban J connectivity index is 2.06. The van der Waals surface area contributed by atoms with E-state index in [0.29, 0.717) is 12.1 Å². The van der Waals surface area contributed by atoms with Crippen molar-refractivity contribution in [2.45, 2.75) is 19.0 Å². The summed E-state index contributed by atoms with van der Waals surface area (Å²) < 4.78 is 0. The van der Waals surface area contributed by atoms with Crippen molar-refractivity contribution in [1.29, 1.82) is 0 Å². The van der Waals surface area contributed by atoms with Crippen molar-refractivity contribution < 1.29 is 14.7 Å². The number of carboxylic acid groups (broad SMARTS) is 1. The van der Waals surface area contributed by atoms with E-state index < -0.39 is 17.9 Å². The van der Waals surface area contributed by atoms with Gasteiger partial charge in [-0.2, -0.15) is 0 Å². The molecule has 5 nitrogen and oxygen atoms in total. The molecule has 0 fully saturated rings. The van der Waals surface area contributed by atoms with Crippen molar-refractivity contribution in [2.24, 2.45) is 5.73 Å². The van der Waals surface area contributed by atoms with Gasteiger partial charge in [0.15, 0.2) is 0 Å². The maximum atomic E-state index is 12.1. The van der Waals surface area contributed by atoms with E-state index in [1.165, 1.54) is 0 Å². The number of amides is 1. The Labute approximate surface area is 128 Å². The van der Waals surface area contributed by atoms with Crippen molar-refractivity contribution in [1.82, 2.24) is 5.32 Å². The lowest BCUT2D eigenvalue weighted by molar-refractivity contribution is -0.139. The number of carboxylic acids is 1. The summed E-state index contributed by atoms with van der Waals surface area (Å²) in [5.41, 5.74) is 7.69. The number of aliphatic carboxylic acids is 1. The van der Waals surface area contributed by atoms with E-state index in [1.807, 2.05) is 30.3 Å². The zero-order valence-electron chi connectivity index (χ0n) is 12.0. The quantitative estimate of drug-likeness (QED) is 0.755. The molecule has 114 valence electrons. The first-order valence-electron chi connectivity index (χ1n) is 6.96. The van der Waals surface area contributed by atoms with Gasteiger partial charge in [-0.3, -0.25) is 4.79 Å². The first-order valence-corrected chi connectivity index (χ1v) is 6.96. The lowest BCUT2D eigenvalue weighted by Gasteiger charge is -2.15. The summed E-state index contributed by atoms with van der Waals surface area (Å²) in [6, 6.07) is 15.0. The number of nitrogens with one attached hydrogen (secondary N) is 1. The fourth-order valence-corrected chi connectivity index (χ4v) is 2.08. The molecule has 2 rings (SSSR count). The van der Waals surface area contributed by atoms with Crippen LogP contribution in [0.1, 0.15) is 21.5 Å². The maximum absolute atomic E-state index is 12.1. The summed E-state index contributed by atoms with van der Waals surface area (Å²) in [4.78, 5) is 23.5. The SMILES string of the molecule is NCc1ccc(C(=O)NC(Cc2ccccc2)C(=O)O)cc1. The normalized spacial score (nSPS) is 11.7. The molecule has 2 aromatic carbocycles.